The summed E-state index contributed by atoms with van der Waals surface area (Å²) < 4.78 is 0. The smallest absolute Gasteiger partial charge is 0.274 e. The number of nitrogens with zero attached hydrogens (tertiary/aromatic N) is 3. The lowest BCUT2D eigenvalue weighted by Crippen LogP contribution is -2.33. The molecule has 0 radical (unpaired) electrons. The Kier molecular flexibility index (Phi) is 7.67. The molecule has 2 aromatic rings. The Morgan fingerprint density at radius 3 is 2.28 bits per heavy atom. The minimum atomic E-state index is -0.0519. The van der Waals surface area contributed by atoms with Crippen molar-refractivity contribution in [1.29, 1.82) is 0 Å². The number of carbonyl (C=O) groups is 1. The third-order valence-corrected chi connectivity index (χ3v) is 4.04. The fraction of sp³-hybridized carbons (Fsp3) is 0.421. The summed E-state index contributed by atoms with van der Waals surface area (Å²) in [5, 5.41) is 12.2. The molecule has 5 nitrogen and oxygen atoms in total. The molecule has 6 heteroatoms. The molecule has 134 valence electrons. The maximum atomic E-state index is 12.5. The van der Waals surface area contributed by atoms with Crippen LogP contribution in [0.25, 0.3) is 0 Å². The molecular weight excluding hydrogens is 336 g/mol. The number of halogens is 1. The predicted octanol–water partition coefficient (Wildman–Crippen LogP) is 4.05. The van der Waals surface area contributed by atoms with Gasteiger partial charge in [0.05, 0.1) is 0 Å². The molecule has 1 aromatic heterocycles. The maximum Gasteiger partial charge on any atom is 0.274 e. The van der Waals surface area contributed by atoms with Crippen LogP contribution in [0.2, 0.25) is 5.02 Å². The van der Waals surface area contributed by atoms with Crippen LogP contribution < -0.4 is 5.32 Å². The van der Waals surface area contributed by atoms with Crippen molar-refractivity contribution in [2.75, 3.05) is 25.0 Å². The summed E-state index contributed by atoms with van der Waals surface area (Å²) in [5.41, 5.74) is 1.59. The van der Waals surface area contributed by atoms with E-state index in [1.807, 2.05) is 29.2 Å². The van der Waals surface area contributed by atoms with E-state index in [2.05, 4.69) is 29.4 Å². The van der Waals surface area contributed by atoms with E-state index in [0.29, 0.717) is 11.5 Å². The molecule has 1 aromatic carbocycles. The predicted molar refractivity (Wildman–Crippen MR) is 102 cm³/mol. The van der Waals surface area contributed by atoms with Gasteiger partial charge in [-0.05, 0) is 49.1 Å². The molecule has 1 amide bonds. The number of hydrogen-bond acceptors (Lipinski definition) is 4. The number of rotatable bonds is 9. The van der Waals surface area contributed by atoms with Gasteiger partial charge < -0.3 is 10.2 Å². The number of anilines is 1. The van der Waals surface area contributed by atoms with Gasteiger partial charge in [-0.1, -0.05) is 37.6 Å². The first kappa shape index (κ1) is 19.2. The molecule has 0 aliphatic rings. The lowest BCUT2D eigenvalue weighted by Gasteiger charge is -2.20. The van der Waals surface area contributed by atoms with Crippen LogP contribution in [0.15, 0.2) is 36.4 Å². The summed E-state index contributed by atoms with van der Waals surface area (Å²) in [6.45, 7) is 6.36. The first-order valence-corrected chi connectivity index (χ1v) is 9.13. The molecule has 0 spiro atoms. The summed E-state index contributed by atoms with van der Waals surface area (Å²) in [5.74, 6) is 0.618. The molecule has 0 aliphatic heterocycles. The molecule has 1 N–H and O–H groups in total. The highest BCUT2D eigenvalue weighted by molar-refractivity contribution is 6.30. The van der Waals surface area contributed by atoms with Gasteiger partial charge in [-0.2, -0.15) is 0 Å². The van der Waals surface area contributed by atoms with Crippen LogP contribution in [-0.4, -0.2) is 40.6 Å². The van der Waals surface area contributed by atoms with E-state index in [0.717, 1.165) is 43.9 Å². The third kappa shape index (κ3) is 6.02. The van der Waals surface area contributed by atoms with Gasteiger partial charge in [0.2, 0.25) is 0 Å². The van der Waals surface area contributed by atoms with E-state index >= 15 is 0 Å². The summed E-state index contributed by atoms with van der Waals surface area (Å²) in [7, 11) is 0. The lowest BCUT2D eigenvalue weighted by atomic mass is 10.1. The summed E-state index contributed by atoms with van der Waals surface area (Å²) in [4.78, 5) is 14.3. The molecule has 0 bridgehead atoms. The minimum Gasteiger partial charge on any atom is -0.368 e. The van der Waals surface area contributed by atoms with Crippen molar-refractivity contribution in [3.8, 4) is 0 Å². The Balaban J connectivity index is 1.88. The van der Waals surface area contributed by atoms with Crippen LogP contribution in [0.4, 0.5) is 5.82 Å². The molecule has 0 unspecified atom stereocenters. The highest BCUT2D eigenvalue weighted by atomic mass is 35.5. The molecule has 0 atom stereocenters. The van der Waals surface area contributed by atoms with Crippen LogP contribution in [-0.2, 0) is 6.42 Å². The normalized spacial score (nSPS) is 10.5. The van der Waals surface area contributed by atoms with Crippen LogP contribution in [0, 0.1) is 0 Å². The summed E-state index contributed by atoms with van der Waals surface area (Å²) in [6.07, 6.45) is 2.73. The standard InChI is InChI=1S/C19H25ClN4O/c1-3-13-24(14-4-2)19(25)17-9-10-18(23-22-17)21-12-11-15-5-7-16(20)8-6-15/h5-10H,3-4,11-14H2,1-2H3,(H,21,23). The highest BCUT2D eigenvalue weighted by Crippen LogP contribution is 2.11. The zero-order chi connectivity index (χ0) is 18.1. The van der Waals surface area contributed by atoms with Gasteiger partial charge in [0.15, 0.2) is 5.69 Å². The fourth-order valence-corrected chi connectivity index (χ4v) is 2.67. The Morgan fingerprint density at radius 2 is 1.72 bits per heavy atom. The molecule has 0 fully saturated rings. The van der Waals surface area contributed by atoms with Crippen LogP contribution >= 0.6 is 11.6 Å². The topological polar surface area (TPSA) is 58.1 Å². The number of aromatic nitrogens is 2. The maximum absolute atomic E-state index is 12.5. The first-order chi connectivity index (χ1) is 12.1. The second-order valence-electron chi connectivity index (χ2n) is 5.90. The quantitative estimate of drug-likeness (QED) is 0.733. The van der Waals surface area contributed by atoms with E-state index in [-0.39, 0.29) is 5.91 Å². The van der Waals surface area contributed by atoms with Gasteiger partial charge >= 0.3 is 0 Å². The van der Waals surface area contributed by atoms with E-state index in [9.17, 15) is 4.79 Å². The van der Waals surface area contributed by atoms with Gasteiger partial charge in [-0.25, -0.2) is 0 Å². The SMILES string of the molecule is CCCN(CCC)C(=O)c1ccc(NCCc2ccc(Cl)cc2)nn1. The third-order valence-electron chi connectivity index (χ3n) is 3.79. The molecule has 0 saturated heterocycles. The highest BCUT2D eigenvalue weighted by Gasteiger charge is 2.15. The lowest BCUT2D eigenvalue weighted by molar-refractivity contribution is 0.0748. The van der Waals surface area contributed by atoms with E-state index < -0.39 is 0 Å². The first-order valence-electron chi connectivity index (χ1n) is 8.75. The summed E-state index contributed by atoms with van der Waals surface area (Å²) >= 11 is 5.88. The molecule has 1 heterocycles. The zero-order valence-corrected chi connectivity index (χ0v) is 15.6. The number of hydrogen-bond donors (Lipinski definition) is 1. The average molecular weight is 361 g/mol. The average Bonchev–Trinajstić information content (AvgIpc) is 2.63. The Labute approximate surface area is 154 Å². The monoisotopic (exact) mass is 360 g/mol. The van der Waals surface area contributed by atoms with Crippen LogP contribution in [0.3, 0.4) is 0 Å². The van der Waals surface area contributed by atoms with Crippen molar-refractivity contribution < 1.29 is 4.79 Å². The van der Waals surface area contributed by atoms with Gasteiger partial charge in [0.1, 0.15) is 5.82 Å². The van der Waals surface area contributed by atoms with Gasteiger partial charge in [0.25, 0.3) is 5.91 Å². The second-order valence-corrected chi connectivity index (χ2v) is 6.34. The molecular formula is C19H25ClN4O. The summed E-state index contributed by atoms with van der Waals surface area (Å²) in [6, 6.07) is 11.3. The van der Waals surface area contributed by atoms with E-state index in [1.165, 1.54) is 5.56 Å². The molecule has 0 aliphatic carbocycles. The Morgan fingerprint density at radius 1 is 1.04 bits per heavy atom. The second kappa shape index (κ2) is 9.99. The van der Waals surface area contributed by atoms with Crippen molar-refractivity contribution in [3.63, 3.8) is 0 Å². The fourth-order valence-electron chi connectivity index (χ4n) is 2.54. The van der Waals surface area contributed by atoms with E-state index in [4.69, 9.17) is 11.6 Å². The van der Waals surface area contributed by atoms with Crippen molar-refractivity contribution in [1.82, 2.24) is 15.1 Å². The zero-order valence-electron chi connectivity index (χ0n) is 14.8. The van der Waals surface area contributed by atoms with Crippen LogP contribution in [0.1, 0.15) is 42.7 Å². The number of carbonyl (C=O) groups excluding carboxylic acids is 1. The number of benzene rings is 1. The Bertz CT molecular complexity index is 652. The largest absolute Gasteiger partial charge is 0.368 e. The minimum absolute atomic E-state index is 0.0519. The van der Waals surface area contributed by atoms with Crippen molar-refractivity contribution in [2.45, 2.75) is 33.1 Å². The Hall–Kier alpha value is -2.14. The molecule has 2 rings (SSSR count). The van der Waals surface area contributed by atoms with Gasteiger partial charge in [0, 0.05) is 24.7 Å². The number of amides is 1. The van der Waals surface area contributed by atoms with Gasteiger partial charge in [-0.15, -0.1) is 10.2 Å². The van der Waals surface area contributed by atoms with E-state index in [1.54, 1.807) is 12.1 Å². The van der Waals surface area contributed by atoms with Gasteiger partial charge in [-0.3, -0.25) is 4.79 Å². The molecule has 25 heavy (non-hydrogen) atoms. The van der Waals surface area contributed by atoms with Crippen molar-refractivity contribution >= 4 is 23.3 Å². The number of nitrogens with one attached hydrogen (secondary N) is 1. The van der Waals surface area contributed by atoms with Crippen molar-refractivity contribution in [2.24, 2.45) is 0 Å². The van der Waals surface area contributed by atoms with Crippen LogP contribution in [0.5, 0.6) is 0 Å². The van der Waals surface area contributed by atoms with Crippen molar-refractivity contribution in [3.05, 3.63) is 52.7 Å². The molecule has 0 saturated carbocycles.